The summed E-state index contributed by atoms with van der Waals surface area (Å²) in [5, 5.41) is 12.8. The van der Waals surface area contributed by atoms with Crippen LogP contribution in [-0.4, -0.2) is 70.7 Å². The van der Waals surface area contributed by atoms with Gasteiger partial charge in [0.05, 0.1) is 48.7 Å². The zero-order valence-corrected chi connectivity index (χ0v) is 30.9. The first-order valence-corrected chi connectivity index (χ1v) is 18.4. The van der Waals surface area contributed by atoms with Gasteiger partial charge in [-0.15, -0.1) is 0 Å². The molecule has 3 N–H and O–H groups in total. The van der Waals surface area contributed by atoms with E-state index in [1.807, 2.05) is 0 Å². The molecule has 1 aromatic heterocycles. The second-order valence-electron chi connectivity index (χ2n) is 10.1. The molecule has 0 aliphatic heterocycles. The Bertz CT molecular complexity index is 2260. The SMILES string of the molecule is CCOc1ccccc1OS(=O)(=O)NC(=O)Nc1nc(OC)cc(OC)n1.CS(=O)(=O)NC(=O)c1cc(Oc2ccc(C(F)(F)F)cc2Cl)ccc1[N+](=O)[O-]. The quantitative estimate of drug-likeness (QED) is 0.117. The second-order valence-corrected chi connectivity index (χ2v) is 13.6. The number of ether oxygens (including phenoxy) is 4. The number of carbonyl (C=O) groups excluding carboxylic acids is 2. The van der Waals surface area contributed by atoms with Crippen LogP contribution in [0.3, 0.4) is 0 Å². The minimum Gasteiger partial charge on any atom is -0.490 e. The maximum atomic E-state index is 12.7. The number of urea groups is 1. The molecule has 0 atom stereocenters. The largest absolute Gasteiger partial charge is 0.490 e. The molecular formula is C30H28ClF3N6O13S2. The van der Waals surface area contributed by atoms with E-state index in [4.69, 9.17) is 34.7 Å². The van der Waals surface area contributed by atoms with Gasteiger partial charge in [-0.05, 0) is 43.3 Å². The lowest BCUT2D eigenvalue weighted by molar-refractivity contribution is -0.385. The van der Waals surface area contributed by atoms with E-state index in [0.29, 0.717) is 25.0 Å². The Morgan fingerprint density at radius 2 is 1.51 bits per heavy atom. The van der Waals surface area contributed by atoms with E-state index in [0.717, 1.165) is 24.3 Å². The third-order valence-electron chi connectivity index (χ3n) is 6.06. The number of nitro groups is 1. The number of nitrogens with one attached hydrogen (secondary N) is 3. The number of nitro benzene ring substituents is 1. The predicted octanol–water partition coefficient (Wildman–Crippen LogP) is 5.09. The number of rotatable bonds is 13. The standard InChI is InChI=1S/C15H10ClF3N2O6S.C15H18N4O7S/c1-28(25,26)20-14(22)10-7-9(3-4-12(10)21(23)24)27-13-5-2-8(6-11(13)16)15(17,18)19;1-4-25-10-7-5-6-8-11(10)26-27(21,22)19-15(20)18-14-16-12(23-2)9-13(17-14)24-3/h2-7H,1H3,(H,20,22);5-9H,4H2,1-3H3,(H2,16,17,18,19,20). The van der Waals surface area contributed by atoms with Gasteiger partial charge in [-0.3, -0.25) is 20.2 Å². The number of aromatic nitrogens is 2. The Morgan fingerprint density at radius 3 is 2.04 bits per heavy atom. The summed E-state index contributed by atoms with van der Waals surface area (Å²) in [5.41, 5.74) is -2.34. The smallest absolute Gasteiger partial charge is 0.416 e. The van der Waals surface area contributed by atoms with Gasteiger partial charge in [0.25, 0.3) is 11.6 Å². The Labute approximate surface area is 315 Å². The molecule has 4 rings (SSSR count). The molecule has 3 aromatic carbocycles. The molecule has 0 saturated heterocycles. The minimum absolute atomic E-state index is 0.0704. The predicted molar refractivity (Wildman–Crippen MR) is 186 cm³/mol. The van der Waals surface area contributed by atoms with Crippen LogP contribution in [0.1, 0.15) is 22.8 Å². The van der Waals surface area contributed by atoms with Crippen molar-refractivity contribution < 1.29 is 67.6 Å². The summed E-state index contributed by atoms with van der Waals surface area (Å²) in [6.45, 7) is 2.04. The summed E-state index contributed by atoms with van der Waals surface area (Å²) in [5.74, 6) is -1.54. The van der Waals surface area contributed by atoms with Crippen molar-refractivity contribution in [2.45, 2.75) is 13.1 Å². The van der Waals surface area contributed by atoms with Crippen molar-refractivity contribution in [3.05, 3.63) is 93.0 Å². The van der Waals surface area contributed by atoms with Crippen molar-refractivity contribution in [1.82, 2.24) is 19.4 Å². The van der Waals surface area contributed by atoms with E-state index in [2.05, 4.69) is 15.3 Å². The number of hydrogen-bond acceptors (Lipinski definition) is 15. The summed E-state index contributed by atoms with van der Waals surface area (Å²) in [6.07, 6.45) is -3.94. The van der Waals surface area contributed by atoms with Gasteiger partial charge in [0.1, 0.15) is 17.1 Å². The molecule has 1 heterocycles. The zero-order chi connectivity index (χ0) is 41.1. The lowest BCUT2D eigenvalue weighted by Gasteiger charge is -2.12. The number of sulfonamides is 1. The third kappa shape index (κ3) is 13.3. The number of anilines is 1. The summed E-state index contributed by atoms with van der Waals surface area (Å²) < 4.78 is 113. The number of benzene rings is 3. The molecule has 0 spiro atoms. The van der Waals surface area contributed by atoms with Gasteiger partial charge in [0.15, 0.2) is 11.5 Å². The van der Waals surface area contributed by atoms with Crippen LogP contribution in [0.15, 0.2) is 66.7 Å². The van der Waals surface area contributed by atoms with Gasteiger partial charge in [-0.2, -0.15) is 31.6 Å². The number of nitrogens with zero attached hydrogens (tertiary/aromatic N) is 3. The van der Waals surface area contributed by atoms with Gasteiger partial charge in [0.2, 0.25) is 27.7 Å². The number of alkyl halides is 3. The average molecular weight is 837 g/mol. The molecule has 4 aromatic rings. The van der Waals surface area contributed by atoms with E-state index in [1.54, 1.807) is 28.5 Å². The Balaban J connectivity index is 0.000000296. The molecule has 0 aliphatic rings. The molecule has 296 valence electrons. The first-order valence-electron chi connectivity index (χ1n) is 14.7. The summed E-state index contributed by atoms with van der Waals surface area (Å²) in [6, 6.07) is 11.5. The molecule has 0 unspecified atom stereocenters. The van der Waals surface area contributed by atoms with Crippen LogP contribution < -0.4 is 37.9 Å². The number of amides is 3. The van der Waals surface area contributed by atoms with Crippen molar-refractivity contribution in [3.63, 3.8) is 0 Å². The fraction of sp³-hybridized carbons (Fsp3) is 0.200. The molecule has 0 fully saturated rings. The number of para-hydroxylation sites is 2. The van der Waals surface area contributed by atoms with Crippen LogP contribution in [0.2, 0.25) is 5.02 Å². The van der Waals surface area contributed by atoms with Gasteiger partial charge >= 0.3 is 22.5 Å². The van der Waals surface area contributed by atoms with E-state index >= 15 is 0 Å². The van der Waals surface area contributed by atoms with Gasteiger partial charge < -0.3 is 23.1 Å². The number of halogens is 4. The second kappa shape index (κ2) is 18.3. The van der Waals surface area contributed by atoms with E-state index in [9.17, 15) is 49.7 Å². The van der Waals surface area contributed by atoms with E-state index in [-0.39, 0.29) is 40.7 Å². The normalized spacial score (nSPS) is 11.2. The fourth-order valence-electron chi connectivity index (χ4n) is 3.87. The van der Waals surface area contributed by atoms with Gasteiger partial charge in [0, 0.05) is 12.1 Å². The van der Waals surface area contributed by atoms with Crippen LogP contribution in [0.4, 0.5) is 29.6 Å². The van der Waals surface area contributed by atoms with Crippen LogP contribution in [0, 0.1) is 10.1 Å². The lowest BCUT2D eigenvalue weighted by atomic mass is 10.1. The molecular weight excluding hydrogens is 809 g/mol. The lowest BCUT2D eigenvalue weighted by Crippen LogP contribution is -2.37. The molecule has 0 bridgehead atoms. The summed E-state index contributed by atoms with van der Waals surface area (Å²) in [4.78, 5) is 41.8. The highest BCUT2D eigenvalue weighted by molar-refractivity contribution is 7.89. The van der Waals surface area contributed by atoms with Crippen molar-refractivity contribution >= 4 is 55.5 Å². The molecule has 0 saturated carbocycles. The molecule has 3 amide bonds. The maximum absolute atomic E-state index is 12.7. The topological polar surface area (TPSA) is 254 Å². The summed E-state index contributed by atoms with van der Waals surface area (Å²) in [7, 11) is -5.77. The van der Waals surface area contributed by atoms with E-state index in [1.165, 1.54) is 32.4 Å². The van der Waals surface area contributed by atoms with Crippen molar-refractivity contribution in [3.8, 4) is 34.8 Å². The molecule has 0 aliphatic carbocycles. The van der Waals surface area contributed by atoms with Crippen molar-refractivity contribution in [1.29, 1.82) is 0 Å². The van der Waals surface area contributed by atoms with Gasteiger partial charge in [-0.1, -0.05) is 23.7 Å². The van der Waals surface area contributed by atoms with Crippen LogP contribution in [-0.2, 0) is 26.5 Å². The molecule has 0 radical (unpaired) electrons. The van der Waals surface area contributed by atoms with Crippen molar-refractivity contribution in [2.75, 3.05) is 32.4 Å². The Hall–Kier alpha value is -6.14. The number of carbonyl (C=O) groups is 2. The monoisotopic (exact) mass is 836 g/mol. The van der Waals surface area contributed by atoms with Crippen LogP contribution >= 0.6 is 11.6 Å². The number of hydrogen-bond donors (Lipinski definition) is 3. The third-order valence-corrected chi connectivity index (χ3v) is 7.75. The highest BCUT2D eigenvalue weighted by Gasteiger charge is 2.31. The average Bonchev–Trinajstić information content (AvgIpc) is 3.08. The number of methoxy groups -OCH3 is 2. The zero-order valence-electron chi connectivity index (χ0n) is 28.5. The maximum Gasteiger partial charge on any atom is 0.416 e. The minimum atomic E-state index is -4.62. The Morgan fingerprint density at radius 1 is 0.891 bits per heavy atom. The van der Waals surface area contributed by atoms with Crippen molar-refractivity contribution in [2.24, 2.45) is 0 Å². The first-order chi connectivity index (χ1) is 25.6. The first kappa shape index (κ1) is 43.3. The molecule has 19 nitrogen and oxygen atoms in total. The van der Waals surface area contributed by atoms with Crippen LogP contribution in [0.25, 0.3) is 0 Å². The highest BCUT2D eigenvalue weighted by atomic mass is 35.5. The fourth-order valence-corrected chi connectivity index (χ4v) is 5.23. The summed E-state index contributed by atoms with van der Waals surface area (Å²) >= 11 is 5.76. The highest BCUT2D eigenvalue weighted by Crippen LogP contribution is 2.37. The molecule has 55 heavy (non-hydrogen) atoms. The Kier molecular flexibility index (Phi) is 14.4. The molecule has 25 heteroatoms. The van der Waals surface area contributed by atoms with Gasteiger partial charge in [-0.25, -0.2) is 22.7 Å². The van der Waals surface area contributed by atoms with Crippen LogP contribution in [0.5, 0.6) is 34.8 Å². The van der Waals surface area contributed by atoms with E-state index < -0.39 is 65.2 Å².